The molecule has 0 spiro atoms. The first-order valence-corrected chi connectivity index (χ1v) is 8.16. The minimum Gasteiger partial charge on any atom is -0.353 e. The van der Waals surface area contributed by atoms with E-state index in [-0.39, 0.29) is 11.8 Å². The average molecular weight is 296 g/mol. The third kappa shape index (κ3) is 3.08. The molecule has 1 amide bonds. The summed E-state index contributed by atoms with van der Waals surface area (Å²) < 4.78 is 2.10. The number of carbonyl (C=O) groups excluding carboxylic acids is 1. The molecule has 1 aliphatic carbocycles. The molecule has 0 radical (unpaired) electrons. The summed E-state index contributed by atoms with van der Waals surface area (Å²) in [6.45, 7) is 2.82. The predicted molar refractivity (Wildman–Crippen MR) is 88.5 cm³/mol. The van der Waals surface area contributed by atoms with E-state index in [4.69, 9.17) is 0 Å². The summed E-state index contributed by atoms with van der Waals surface area (Å²) >= 11 is 0. The lowest BCUT2D eigenvalue weighted by Crippen LogP contribution is -2.36. The molecule has 1 saturated carbocycles. The molecule has 22 heavy (non-hydrogen) atoms. The van der Waals surface area contributed by atoms with Crippen LogP contribution in [0.15, 0.2) is 48.7 Å². The first-order valence-electron chi connectivity index (χ1n) is 8.16. The van der Waals surface area contributed by atoms with Crippen molar-refractivity contribution in [3.63, 3.8) is 0 Å². The molecule has 3 nitrogen and oxygen atoms in total. The van der Waals surface area contributed by atoms with Crippen LogP contribution in [0.5, 0.6) is 0 Å². The number of hydrogen-bond acceptors (Lipinski definition) is 1. The Labute approximate surface area is 132 Å². The van der Waals surface area contributed by atoms with Crippen molar-refractivity contribution in [3.8, 4) is 0 Å². The van der Waals surface area contributed by atoms with Crippen molar-refractivity contribution in [1.82, 2.24) is 9.47 Å². The molecule has 1 aliphatic rings. The highest BCUT2D eigenvalue weighted by Crippen LogP contribution is 2.32. The summed E-state index contributed by atoms with van der Waals surface area (Å²) in [6, 6.07) is 14.8. The summed E-state index contributed by atoms with van der Waals surface area (Å²) in [6.07, 6.45) is 5.17. The molecular formula is C19H24N2O. The molecule has 2 aromatic rings. The molecule has 0 N–H and O–H groups in total. The van der Waals surface area contributed by atoms with Gasteiger partial charge in [0.2, 0.25) is 5.91 Å². The first kappa shape index (κ1) is 14.9. The van der Waals surface area contributed by atoms with Crippen molar-refractivity contribution < 1.29 is 4.79 Å². The van der Waals surface area contributed by atoms with Gasteiger partial charge in [-0.15, -0.1) is 0 Å². The number of rotatable bonds is 6. The fraction of sp³-hybridized carbons (Fsp3) is 0.421. The number of benzene rings is 1. The maximum Gasteiger partial charge on any atom is 0.230 e. The van der Waals surface area contributed by atoms with E-state index in [2.05, 4.69) is 34.6 Å². The molecule has 1 aromatic carbocycles. The van der Waals surface area contributed by atoms with Crippen LogP contribution in [0.1, 0.15) is 43.4 Å². The van der Waals surface area contributed by atoms with E-state index in [1.165, 1.54) is 5.69 Å². The fourth-order valence-electron chi connectivity index (χ4n) is 3.05. The molecule has 1 unspecified atom stereocenters. The van der Waals surface area contributed by atoms with Crippen LogP contribution in [0.4, 0.5) is 0 Å². The highest BCUT2D eigenvalue weighted by molar-refractivity contribution is 5.84. The van der Waals surface area contributed by atoms with Crippen LogP contribution < -0.4 is 0 Å². The van der Waals surface area contributed by atoms with Crippen molar-refractivity contribution in [3.05, 3.63) is 59.9 Å². The average Bonchev–Trinajstić information content (AvgIpc) is 3.30. The summed E-state index contributed by atoms with van der Waals surface area (Å²) in [5.41, 5.74) is 2.33. The lowest BCUT2D eigenvalue weighted by Gasteiger charge is -2.27. The maximum atomic E-state index is 13.1. The standard InChI is InChI=1S/C19H24N2O/c1-3-18(15-8-5-4-6-9-15)19(22)21(16-11-12-16)14-17-10-7-13-20(17)2/h4-10,13,16,18H,3,11-12,14H2,1-2H3. The van der Waals surface area contributed by atoms with Crippen LogP contribution in [0.25, 0.3) is 0 Å². The molecule has 0 aliphatic heterocycles. The van der Waals surface area contributed by atoms with Crippen LogP contribution in [0.3, 0.4) is 0 Å². The van der Waals surface area contributed by atoms with Crippen molar-refractivity contribution >= 4 is 5.91 Å². The second-order valence-electron chi connectivity index (χ2n) is 6.18. The molecular weight excluding hydrogens is 272 g/mol. The number of aromatic nitrogens is 1. The minimum absolute atomic E-state index is 0.0259. The smallest absolute Gasteiger partial charge is 0.230 e. The SMILES string of the molecule is CCC(C(=O)N(Cc1cccn1C)C1CC1)c1ccccc1. The number of carbonyl (C=O) groups is 1. The van der Waals surface area contributed by atoms with Gasteiger partial charge in [-0.25, -0.2) is 0 Å². The number of aryl methyl sites for hydroxylation is 1. The monoisotopic (exact) mass is 296 g/mol. The Bertz CT molecular complexity index is 628. The van der Waals surface area contributed by atoms with Gasteiger partial charge in [0.05, 0.1) is 12.5 Å². The maximum absolute atomic E-state index is 13.1. The molecule has 3 rings (SSSR count). The quantitative estimate of drug-likeness (QED) is 0.797. The second-order valence-corrected chi connectivity index (χ2v) is 6.18. The Balaban J connectivity index is 1.81. The van der Waals surface area contributed by atoms with Gasteiger partial charge in [-0.05, 0) is 37.0 Å². The van der Waals surface area contributed by atoms with E-state index in [9.17, 15) is 4.79 Å². The Morgan fingerprint density at radius 1 is 1.23 bits per heavy atom. The molecule has 1 atom stereocenters. The molecule has 1 aromatic heterocycles. The van der Waals surface area contributed by atoms with Crippen molar-refractivity contribution in [1.29, 1.82) is 0 Å². The van der Waals surface area contributed by atoms with Gasteiger partial charge in [-0.3, -0.25) is 4.79 Å². The van der Waals surface area contributed by atoms with Gasteiger partial charge in [-0.1, -0.05) is 37.3 Å². The van der Waals surface area contributed by atoms with Gasteiger partial charge < -0.3 is 9.47 Å². The summed E-state index contributed by atoms with van der Waals surface area (Å²) in [7, 11) is 2.04. The van der Waals surface area contributed by atoms with Gasteiger partial charge >= 0.3 is 0 Å². The number of nitrogens with zero attached hydrogens (tertiary/aromatic N) is 2. The molecule has 0 saturated heterocycles. The first-order chi connectivity index (χ1) is 10.7. The molecule has 0 bridgehead atoms. The van der Waals surface area contributed by atoms with Crippen molar-refractivity contribution in [2.24, 2.45) is 7.05 Å². The van der Waals surface area contributed by atoms with Gasteiger partial charge in [0, 0.05) is 25.0 Å². The summed E-state index contributed by atoms with van der Waals surface area (Å²) in [4.78, 5) is 15.2. The Morgan fingerprint density at radius 2 is 1.95 bits per heavy atom. The van der Waals surface area contributed by atoms with E-state index in [1.54, 1.807) is 0 Å². The summed E-state index contributed by atoms with van der Waals surface area (Å²) in [5.74, 6) is 0.250. The van der Waals surface area contributed by atoms with Gasteiger partial charge in [0.25, 0.3) is 0 Å². The zero-order chi connectivity index (χ0) is 15.5. The van der Waals surface area contributed by atoms with Crippen molar-refractivity contribution in [2.75, 3.05) is 0 Å². The number of hydrogen-bond donors (Lipinski definition) is 0. The van der Waals surface area contributed by atoms with E-state index in [1.807, 2.05) is 37.5 Å². The molecule has 116 valence electrons. The van der Waals surface area contributed by atoms with Crippen LogP contribution in [-0.2, 0) is 18.4 Å². The highest BCUT2D eigenvalue weighted by Gasteiger charge is 2.36. The minimum atomic E-state index is -0.0259. The van der Waals surface area contributed by atoms with E-state index < -0.39 is 0 Å². The fourth-order valence-corrected chi connectivity index (χ4v) is 3.05. The van der Waals surface area contributed by atoms with E-state index in [0.717, 1.165) is 31.4 Å². The second kappa shape index (κ2) is 6.39. The van der Waals surface area contributed by atoms with E-state index >= 15 is 0 Å². The topological polar surface area (TPSA) is 25.2 Å². The van der Waals surface area contributed by atoms with Crippen molar-refractivity contribution in [2.45, 2.75) is 44.7 Å². The van der Waals surface area contributed by atoms with Gasteiger partial charge in [-0.2, -0.15) is 0 Å². The predicted octanol–water partition coefficient (Wildman–Crippen LogP) is 3.71. The Morgan fingerprint density at radius 3 is 2.50 bits per heavy atom. The van der Waals surface area contributed by atoms with Crippen LogP contribution in [-0.4, -0.2) is 21.4 Å². The molecule has 1 fully saturated rings. The largest absolute Gasteiger partial charge is 0.353 e. The Hall–Kier alpha value is -2.03. The van der Waals surface area contributed by atoms with Gasteiger partial charge in [0.15, 0.2) is 0 Å². The lowest BCUT2D eigenvalue weighted by atomic mass is 9.95. The summed E-state index contributed by atoms with van der Waals surface area (Å²) in [5, 5.41) is 0. The highest BCUT2D eigenvalue weighted by atomic mass is 16.2. The van der Waals surface area contributed by atoms with Crippen LogP contribution in [0.2, 0.25) is 0 Å². The third-order valence-electron chi connectivity index (χ3n) is 4.56. The third-order valence-corrected chi connectivity index (χ3v) is 4.56. The Kier molecular flexibility index (Phi) is 4.32. The van der Waals surface area contributed by atoms with Crippen LogP contribution >= 0.6 is 0 Å². The van der Waals surface area contributed by atoms with Gasteiger partial charge in [0.1, 0.15) is 0 Å². The molecule has 3 heteroatoms. The molecule has 1 heterocycles. The zero-order valence-corrected chi connectivity index (χ0v) is 13.4. The lowest BCUT2D eigenvalue weighted by molar-refractivity contribution is -0.134. The van der Waals surface area contributed by atoms with E-state index in [0.29, 0.717) is 6.04 Å². The zero-order valence-electron chi connectivity index (χ0n) is 13.4. The number of amides is 1. The normalized spacial score (nSPS) is 15.5. The van der Waals surface area contributed by atoms with Crippen LogP contribution in [0, 0.1) is 0 Å².